The minimum Gasteiger partial charge on any atom is -0.394 e. The summed E-state index contributed by atoms with van der Waals surface area (Å²) in [6.45, 7) is 5.56. The number of fused-ring (bicyclic) bond motifs is 4. The van der Waals surface area contributed by atoms with Gasteiger partial charge in [0.15, 0.2) is 0 Å². The molecule has 0 aromatic rings. The third-order valence-electron chi connectivity index (χ3n) is 9.45. The van der Waals surface area contributed by atoms with Crippen molar-refractivity contribution in [2.24, 2.45) is 0 Å². The SMILES string of the molecule is COCOCCC[C@H]1O[C@H]2CC[C@@]3(C)O[C@H]4[C@@H](C[C@@H]3O[C@@H]2CC[C@]1(C)OCOC)O[C@H](CO)CC41SCCCS1. The van der Waals surface area contributed by atoms with E-state index in [0.717, 1.165) is 62.9 Å². The van der Waals surface area contributed by atoms with Crippen molar-refractivity contribution in [2.45, 2.75) is 130 Å². The fourth-order valence-electron chi connectivity index (χ4n) is 7.17. The first-order chi connectivity index (χ1) is 19.3. The van der Waals surface area contributed by atoms with Gasteiger partial charge in [-0.15, -0.1) is 23.5 Å². The second kappa shape index (κ2) is 14.0. The first-order valence-electron chi connectivity index (χ1n) is 15.1. The Kier molecular flexibility index (Phi) is 11.1. The van der Waals surface area contributed by atoms with Crippen LogP contribution in [0.4, 0.5) is 0 Å². The number of hydrogen-bond acceptors (Lipinski definition) is 11. The Morgan fingerprint density at radius 1 is 0.925 bits per heavy atom. The van der Waals surface area contributed by atoms with Crippen molar-refractivity contribution in [2.75, 3.05) is 52.5 Å². The predicted molar refractivity (Wildman–Crippen MR) is 155 cm³/mol. The van der Waals surface area contributed by atoms with Gasteiger partial charge < -0.3 is 43.0 Å². The van der Waals surface area contributed by atoms with Gasteiger partial charge in [-0.25, -0.2) is 0 Å². The highest BCUT2D eigenvalue weighted by Gasteiger charge is 2.60. The van der Waals surface area contributed by atoms with Crippen molar-refractivity contribution in [1.29, 1.82) is 0 Å². The van der Waals surface area contributed by atoms with Gasteiger partial charge >= 0.3 is 0 Å². The maximum atomic E-state index is 10.1. The van der Waals surface area contributed by atoms with Crippen molar-refractivity contribution >= 4 is 23.5 Å². The van der Waals surface area contributed by atoms with Crippen LogP contribution < -0.4 is 0 Å². The van der Waals surface area contributed by atoms with E-state index in [1.54, 1.807) is 14.2 Å². The van der Waals surface area contributed by atoms with E-state index < -0.39 is 11.2 Å². The molecule has 0 amide bonds. The largest absolute Gasteiger partial charge is 0.394 e. The van der Waals surface area contributed by atoms with E-state index in [1.807, 2.05) is 23.5 Å². The molecule has 5 saturated heterocycles. The van der Waals surface area contributed by atoms with Crippen LogP contribution in [0, 0.1) is 0 Å². The zero-order chi connectivity index (χ0) is 28.2. The zero-order valence-corrected chi connectivity index (χ0v) is 26.3. The molecule has 5 rings (SSSR count). The van der Waals surface area contributed by atoms with Crippen LogP contribution in [0.15, 0.2) is 0 Å². The zero-order valence-electron chi connectivity index (χ0n) is 24.7. The number of aliphatic hydroxyl groups is 1. The molecule has 0 aromatic carbocycles. The second-order valence-electron chi connectivity index (χ2n) is 12.4. The number of ether oxygens (including phenoxy) is 8. The first-order valence-corrected chi connectivity index (χ1v) is 17.0. The molecule has 0 aromatic heterocycles. The Labute approximate surface area is 248 Å². The molecule has 1 N–H and O–H groups in total. The van der Waals surface area contributed by atoms with Gasteiger partial charge in [-0.3, -0.25) is 0 Å². The Morgan fingerprint density at radius 2 is 1.68 bits per heavy atom. The lowest BCUT2D eigenvalue weighted by Gasteiger charge is -2.57. The first kappa shape index (κ1) is 31.8. The van der Waals surface area contributed by atoms with Crippen molar-refractivity contribution in [3.8, 4) is 0 Å². The fourth-order valence-corrected chi connectivity index (χ4v) is 10.8. The molecule has 9 nitrogen and oxygen atoms in total. The van der Waals surface area contributed by atoms with E-state index in [4.69, 9.17) is 37.9 Å². The smallest absolute Gasteiger partial charge is 0.147 e. The van der Waals surface area contributed by atoms with E-state index in [2.05, 4.69) is 13.8 Å². The molecule has 5 aliphatic heterocycles. The molecule has 11 heteroatoms. The summed E-state index contributed by atoms with van der Waals surface area (Å²) >= 11 is 4.03. The molecule has 0 bridgehead atoms. The molecule has 1 spiro atoms. The van der Waals surface area contributed by atoms with Gasteiger partial charge in [-0.05, 0) is 70.3 Å². The average molecular weight is 607 g/mol. The van der Waals surface area contributed by atoms with Gasteiger partial charge in [0.25, 0.3) is 0 Å². The lowest BCUT2D eigenvalue weighted by atomic mass is 9.82. The normalized spacial score (nSPS) is 43.3. The van der Waals surface area contributed by atoms with Crippen LogP contribution in [0.2, 0.25) is 0 Å². The van der Waals surface area contributed by atoms with Gasteiger partial charge in [0.2, 0.25) is 0 Å². The maximum absolute atomic E-state index is 10.1. The van der Waals surface area contributed by atoms with Crippen LogP contribution in [-0.4, -0.2) is 116 Å². The highest BCUT2D eigenvalue weighted by Crippen LogP contribution is 2.57. The van der Waals surface area contributed by atoms with Crippen LogP contribution in [-0.2, 0) is 37.9 Å². The van der Waals surface area contributed by atoms with E-state index >= 15 is 0 Å². The van der Waals surface area contributed by atoms with Crippen LogP contribution in [0.5, 0.6) is 0 Å². The van der Waals surface area contributed by atoms with Gasteiger partial charge in [0.05, 0.1) is 58.5 Å². The molecule has 5 heterocycles. The summed E-state index contributed by atoms with van der Waals surface area (Å²) in [4.78, 5) is 0. The van der Waals surface area contributed by atoms with Crippen molar-refractivity contribution in [1.82, 2.24) is 0 Å². The molecule has 5 aliphatic rings. The summed E-state index contributed by atoms with van der Waals surface area (Å²) in [6, 6.07) is 0. The van der Waals surface area contributed by atoms with E-state index in [0.29, 0.717) is 13.4 Å². The molecule has 0 radical (unpaired) electrons. The van der Waals surface area contributed by atoms with E-state index in [9.17, 15) is 5.11 Å². The summed E-state index contributed by atoms with van der Waals surface area (Å²) in [5.74, 6) is 2.27. The van der Waals surface area contributed by atoms with Crippen molar-refractivity contribution < 1.29 is 43.0 Å². The summed E-state index contributed by atoms with van der Waals surface area (Å²) in [5, 5.41) is 10.1. The monoisotopic (exact) mass is 606 g/mol. The van der Waals surface area contributed by atoms with Gasteiger partial charge in [-0.2, -0.15) is 0 Å². The Bertz CT molecular complexity index is 801. The third kappa shape index (κ3) is 6.85. The van der Waals surface area contributed by atoms with Gasteiger partial charge in [-0.1, -0.05) is 0 Å². The molecule has 0 saturated carbocycles. The topological polar surface area (TPSA) is 94.1 Å². The van der Waals surface area contributed by atoms with Crippen molar-refractivity contribution in [3.63, 3.8) is 0 Å². The molecular weight excluding hydrogens is 556 g/mol. The Morgan fingerprint density at radius 3 is 2.42 bits per heavy atom. The Hall–Kier alpha value is 0.340. The van der Waals surface area contributed by atoms with Crippen molar-refractivity contribution in [3.05, 3.63) is 0 Å². The highest BCUT2D eigenvalue weighted by atomic mass is 32.2. The summed E-state index contributed by atoms with van der Waals surface area (Å²) < 4.78 is 49.5. The predicted octanol–water partition coefficient (Wildman–Crippen LogP) is 4.13. The summed E-state index contributed by atoms with van der Waals surface area (Å²) in [7, 11) is 3.29. The number of hydrogen-bond donors (Lipinski definition) is 1. The molecule has 0 unspecified atom stereocenters. The number of rotatable bonds is 10. The summed E-state index contributed by atoms with van der Waals surface area (Å²) in [5.41, 5.74) is -0.885. The molecule has 0 aliphatic carbocycles. The van der Waals surface area contributed by atoms with Crippen LogP contribution in [0.25, 0.3) is 0 Å². The van der Waals surface area contributed by atoms with Crippen LogP contribution >= 0.6 is 23.5 Å². The molecule has 9 atom stereocenters. The lowest BCUT2D eigenvalue weighted by molar-refractivity contribution is -0.272. The van der Waals surface area contributed by atoms with Gasteiger partial charge in [0.1, 0.15) is 19.7 Å². The van der Waals surface area contributed by atoms with Gasteiger partial charge in [0, 0.05) is 33.7 Å². The van der Waals surface area contributed by atoms with E-state index in [-0.39, 0.29) is 60.2 Å². The van der Waals surface area contributed by atoms with Crippen LogP contribution in [0.1, 0.15) is 71.6 Å². The minimum absolute atomic E-state index is 0.00939. The number of thioether (sulfide) groups is 2. The third-order valence-corrected chi connectivity index (χ3v) is 12.9. The Balaban J connectivity index is 1.31. The molecular formula is C29H50O9S2. The quantitative estimate of drug-likeness (QED) is 0.287. The highest BCUT2D eigenvalue weighted by molar-refractivity contribution is 8.18. The molecule has 40 heavy (non-hydrogen) atoms. The standard InChI is InChI=1S/C29H50O9S2/c1-27(34-19-32-4)10-8-22-21(36-24(27)7-5-12-33-18-31-3)9-11-28(2)25(37-22)15-23-26(38-28)29(16-20(17-30)35-23)39-13-6-14-40-29/h20-26,30H,5-19H2,1-4H3/t20-,21-,22+,23+,24+,25-,26-,27-,28+/m0/s1. The van der Waals surface area contributed by atoms with Crippen LogP contribution in [0.3, 0.4) is 0 Å². The average Bonchev–Trinajstić information content (AvgIpc) is 3.17. The fraction of sp³-hybridized carbons (Fsp3) is 1.00. The maximum Gasteiger partial charge on any atom is 0.147 e. The lowest BCUT2D eigenvalue weighted by Crippen LogP contribution is -2.65. The minimum atomic E-state index is -0.479. The number of aliphatic hydroxyl groups excluding tert-OH is 1. The number of methoxy groups -OCH3 is 2. The summed E-state index contributed by atoms with van der Waals surface area (Å²) in [6.07, 6.45) is 7.38. The molecule has 232 valence electrons. The second-order valence-corrected chi connectivity index (χ2v) is 15.5. The molecule has 5 fully saturated rings. The van der Waals surface area contributed by atoms with E-state index in [1.165, 1.54) is 6.42 Å².